The molecule has 2 aromatic carbocycles. The van der Waals surface area contributed by atoms with E-state index in [2.05, 4.69) is 32.2 Å². The average molecular weight is 449 g/mol. The topological polar surface area (TPSA) is 52.5 Å². The van der Waals surface area contributed by atoms with Gasteiger partial charge in [-0.05, 0) is 68.1 Å². The highest BCUT2D eigenvalue weighted by Gasteiger charge is 2.17. The van der Waals surface area contributed by atoms with Gasteiger partial charge in [0.2, 0.25) is 0 Å². The largest absolute Gasteiger partial charge is 0.491 e. The second-order valence-electron chi connectivity index (χ2n) is 7.65. The number of amides is 1. The van der Waals surface area contributed by atoms with E-state index in [1.807, 2.05) is 64.5 Å². The van der Waals surface area contributed by atoms with Crippen molar-refractivity contribution in [3.63, 3.8) is 0 Å². The maximum Gasteiger partial charge on any atom is 0.272 e. The summed E-state index contributed by atoms with van der Waals surface area (Å²) in [6.07, 6.45) is 1.14. The van der Waals surface area contributed by atoms with Crippen molar-refractivity contribution < 1.29 is 14.3 Å². The molecular formula is C26H28N2O3S. The first kappa shape index (κ1) is 22.0. The van der Waals surface area contributed by atoms with E-state index in [1.54, 1.807) is 11.3 Å². The van der Waals surface area contributed by atoms with E-state index >= 15 is 0 Å². The molecule has 4 rings (SSSR count). The van der Waals surface area contributed by atoms with Gasteiger partial charge in [-0.1, -0.05) is 25.1 Å². The zero-order valence-corrected chi connectivity index (χ0v) is 19.4. The predicted molar refractivity (Wildman–Crippen MR) is 131 cm³/mol. The quantitative estimate of drug-likeness (QED) is 0.309. The third kappa shape index (κ3) is 4.81. The number of hydrogen-bond acceptors (Lipinski definition) is 4. The summed E-state index contributed by atoms with van der Waals surface area (Å²) in [6, 6.07) is 19.4. The third-order valence-corrected chi connectivity index (χ3v) is 6.32. The molecule has 4 aromatic rings. The number of ether oxygens (including phenoxy) is 2. The molecule has 1 N–H and O–H groups in total. The van der Waals surface area contributed by atoms with Gasteiger partial charge in [0.1, 0.15) is 23.8 Å². The fourth-order valence-electron chi connectivity index (χ4n) is 3.55. The first-order valence-corrected chi connectivity index (χ1v) is 11.8. The van der Waals surface area contributed by atoms with Crippen molar-refractivity contribution in [2.24, 2.45) is 0 Å². The molecule has 2 heterocycles. The highest BCUT2D eigenvalue weighted by atomic mass is 32.1. The van der Waals surface area contributed by atoms with Crippen LogP contribution in [0.25, 0.3) is 10.2 Å². The summed E-state index contributed by atoms with van der Waals surface area (Å²) in [4.78, 5) is 13.1. The van der Waals surface area contributed by atoms with Gasteiger partial charge in [-0.2, -0.15) is 0 Å². The minimum Gasteiger partial charge on any atom is -0.491 e. The molecule has 0 fully saturated rings. The Balaban J connectivity index is 1.44. The molecule has 0 radical (unpaired) electrons. The molecule has 0 aliphatic carbocycles. The molecule has 6 heteroatoms. The van der Waals surface area contributed by atoms with Crippen molar-refractivity contribution in [1.82, 2.24) is 4.57 Å². The van der Waals surface area contributed by atoms with Gasteiger partial charge in [-0.25, -0.2) is 0 Å². The minimum atomic E-state index is -0.116. The number of rotatable bonds is 9. The summed E-state index contributed by atoms with van der Waals surface area (Å²) in [7, 11) is 0. The lowest BCUT2D eigenvalue weighted by atomic mass is 10.2. The zero-order chi connectivity index (χ0) is 22.5. The van der Waals surface area contributed by atoms with Crippen molar-refractivity contribution in [1.29, 1.82) is 0 Å². The number of nitrogens with zero attached hydrogens (tertiary/aromatic N) is 1. The van der Waals surface area contributed by atoms with Crippen LogP contribution in [0, 0.1) is 0 Å². The zero-order valence-electron chi connectivity index (χ0n) is 18.6. The summed E-state index contributed by atoms with van der Waals surface area (Å²) in [5.41, 5.74) is 3.43. The number of carbonyl (C=O) groups is 1. The number of aryl methyl sites for hydroxylation is 1. The highest BCUT2D eigenvalue weighted by molar-refractivity contribution is 7.17. The van der Waals surface area contributed by atoms with E-state index in [0.29, 0.717) is 12.3 Å². The van der Waals surface area contributed by atoms with Gasteiger partial charge < -0.3 is 19.4 Å². The Morgan fingerprint density at radius 3 is 2.56 bits per heavy atom. The molecule has 1 unspecified atom stereocenters. The maximum atomic E-state index is 13.1. The normalized spacial score (nSPS) is 12.0. The van der Waals surface area contributed by atoms with Gasteiger partial charge in [0.15, 0.2) is 0 Å². The second kappa shape index (κ2) is 9.92. The molecule has 0 aliphatic heterocycles. The molecule has 0 aliphatic rings. The van der Waals surface area contributed by atoms with Gasteiger partial charge in [-0.15, -0.1) is 11.3 Å². The smallest absolute Gasteiger partial charge is 0.272 e. The van der Waals surface area contributed by atoms with Crippen LogP contribution in [0.3, 0.4) is 0 Å². The van der Waals surface area contributed by atoms with E-state index in [0.717, 1.165) is 45.9 Å². The van der Waals surface area contributed by atoms with E-state index in [4.69, 9.17) is 9.47 Å². The standard InChI is InChI=1S/C26H28N2O3S/c1-4-18(3)31-21-12-10-20(11-13-21)30-17-19-8-6-7-9-22(19)27-26(29)24-16-25-23(14-15-32-25)28(24)5-2/h6-16,18H,4-5,17H2,1-3H3,(H,27,29). The lowest BCUT2D eigenvalue weighted by molar-refractivity contribution is 0.101. The number of fused-ring (bicyclic) bond motifs is 1. The van der Waals surface area contributed by atoms with Crippen LogP contribution in [0.4, 0.5) is 5.69 Å². The molecule has 5 nitrogen and oxygen atoms in total. The van der Waals surface area contributed by atoms with Crippen LogP contribution in [0.5, 0.6) is 11.5 Å². The average Bonchev–Trinajstić information content (AvgIpc) is 3.40. The van der Waals surface area contributed by atoms with Crippen LogP contribution in [-0.4, -0.2) is 16.6 Å². The van der Waals surface area contributed by atoms with Gasteiger partial charge in [0.05, 0.1) is 16.3 Å². The lowest BCUT2D eigenvalue weighted by Gasteiger charge is -2.14. The fraction of sp³-hybridized carbons (Fsp3) is 0.269. The Hall–Kier alpha value is -3.25. The van der Waals surface area contributed by atoms with Crippen LogP contribution in [-0.2, 0) is 13.2 Å². The van der Waals surface area contributed by atoms with Crippen LogP contribution < -0.4 is 14.8 Å². The molecule has 166 valence electrons. The molecular weight excluding hydrogens is 420 g/mol. The highest BCUT2D eigenvalue weighted by Crippen LogP contribution is 2.27. The van der Waals surface area contributed by atoms with E-state index in [9.17, 15) is 4.79 Å². The molecule has 2 aromatic heterocycles. The van der Waals surface area contributed by atoms with Gasteiger partial charge in [0, 0.05) is 17.8 Å². The molecule has 1 atom stereocenters. The number of thiophene rings is 1. The minimum absolute atomic E-state index is 0.116. The first-order chi connectivity index (χ1) is 15.6. The number of anilines is 1. The number of nitrogens with one attached hydrogen (secondary N) is 1. The summed E-state index contributed by atoms with van der Waals surface area (Å²) in [6.45, 7) is 7.29. The van der Waals surface area contributed by atoms with Gasteiger partial charge in [0.25, 0.3) is 5.91 Å². The monoisotopic (exact) mass is 448 g/mol. The van der Waals surface area contributed by atoms with Crippen molar-refractivity contribution in [3.05, 3.63) is 77.3 Å². The molecule has 1 amide bonds. The van der Waals surface area contributed by atoms with Crippen molar-refractivity contribution >= 4 is 33.1 Å². The fourth-order valence-corrected chi connectivity index (χ4v) is 4.37. The van der Waals surface area contributed by atoms with E-state index in [1.165, 1.54) is 0 Å². The Kier molecular flexibility index (Phi) is 6.81. The summed E-state index contributed by atoms with van der Waals surface area (Å²) < 4.78 is 15.0. The second-order valence-corrected chi connectivity index (χ2v) is 8.60. The molecule has 0 saturated heterocycles. The van der Waals surface area contributed by atoms with Crippen molar-refractivity contribution in [3.8, 4) is 11.5 Å². The Morgan fingerprint density at radius 2 is 1.81 bits per heavy atom. The van der Waals surface area contributed by atoms with Crippen molar-refractivity contribution in [2.75, 3.05) is 5.32 Å². The third-order valence-electron chi connectivity index (χ3n) is 5.47. The lowest BCUT2D eigenvalue weighted by Crippen LogP contribution is -2.18. The Bertz CT molecular complexity index is 1190. The number of benzene rings is 2. The number of para-hydroxylation sites is 1. The van der Waals surface area contributed by atoms with E-state index in [-0.39, 0.29) is 12.0 Å². The summed E-state index contributed by atoms with van der Waals surface area (Å²) in [5, 5.41) is 5.12. The summed E-state index contributed by atoms with van der Waals surface area (Å²) >= 11 is 1.65. The summed E-state index contributed by atoms with van der Waals surface area (Å²) in [5.74, 6) is 1.47. The van der Waals surface area contributed by atoms with Crippen LogP contribution in [0.1, 0.15) is 43.2 Å². The van der Waals surface area contributed by atoms with E-state index < -0.39 is 0 Å². The molecule has 0 saturated carbocycles. The van der Waals surface area contributed by atoms with Crippen LogP contribution in [0.2, 0.25) is 0 Å². The van der Waals surface area contributed by atoms with Crippen molar-refractivity contribution in [2.45, 2.75) is 46.4 Å². The van der Waals surface area contributed by atoms with Crippen LogP contribution >= 0.6 is 11.3 Å². The predicted octanol–water partition coefficient (Wildman–Crippen LogP) is 6.73. The molecule has 0 spiro atoms. The first-order valence-electron chi connectivity index (χ1n) is 10.9. The van der Waals surface area contributed by atoms with Crippen LogP contribution in [0.15, 0.2) is 66.0 Å². The van der Waals surface area contributed by atoms with Gasteiger partial charge in [-0.3, -0.25) is 4.79 Å². The maximum absolute atomic E-state index is 13.1. The number of carbonyl (C=O) groups excluding carboxylic acids is 1. The molecule has 32 heavy (non-hydrogen) atoms. The number of aromatic nitrogens is 1. The van der Waals surface area contributed by atoms with Gasteiger partial charge >= 0.3 is 0 Å². The SMILES string of the molecule is CCC(C)Oc1ccc(OCc2ccccc2NC(=O)c2cc3sccc3n2CC)cc1. The Labute approximate surface area is 192 Å². The molecule has 0 bridgehead atoms. The number of hydrogen-bond donors (Lipinski definition) is 1. The Morgan fingerprint density at radius 1 is 1.06 bits per heavy atom.